The first-order valence-electron chi connectivity index (χ1n) is 9.07. The van der Waals surface area contributed by atoms with Crippen LogP contribution < -0.4 is 10.1 Å². The molecule has 2 aromatic rings. The topological polar surface area (TPSA) is 58.6 Å². The van der Waals surface area contributed by atoms with Gasteiger partial charge >= 0.3 is 0 Å². The number of anilines is 1. The Morgan fingerprint density at radius 1 is 1.15 bits per heavy atom. The molecule has 5 nitrogen and oxygen atoms in total. The lowest BCUT2D eigenvalue weighted by atomic mass is 10.1. The molecule has 6 heteroatoms. The van der Waals surface area contributed by atoms with Crippen LogP contribution in [0.1, 0.15) is 35.7 Å². The SMILES string of the molecule is Cc1cc(O[C@@H](C)C(=O)Nc2ccccc2C(=O)N2CCCC2)ccc1Cl. The summed E-state index contributed by atoms with van der Waals surface area (Å²) in [5, 5.41) is 3.47. The first kappa shape index (κ1) is 19.2. The van der Waals surface area contributed by atoms with Crippen molar-refractivity contribution in [2.45, 2.75) is 32.8 Å². The summed E-state index contributed by atoms with van der Waals surface area (Å²) in [6.07, 6.45) is 1.32. The molecule has 1 heterocycles. The molecule has 0 bridgehead atoms. The quantitative estimate of drug-likeness (QED) is 0.833. The van der Waals surface area contributed by atoms with E-state index >= 15 is 0 Å². The Morgan fingerprint density at radius 3 is 2.56 bits per heavy atom. The van der Waals surface area contributed by atoms with Crippen LogP contribution in [-0.4, -0.2) is 35.9 Å². The van der Waals surface area contributed by atoms with Crippen molar-refractivity contribution < 1.29 is 14.3 Å². The summed E-state index contributed by atoms with van der Waals surface area (Å²) >= 11 is 6.02. The summed E-state index contributed by atoms with van der Waals surface area (Å²) < 4.78 is 5.72. The van der Waals surface area contributed by atoms with Crippen molar-refractivity contribution in [2.24, 2.45) is 0 Å². The van der Waals surface area contributed by atoms with Crippen LogP contribution in [0.5, 0.6) is 5.75 Å². The standard InChI is InChI=1S/C21H23ClN2O3/c1-14-13-16(9-10-18(14)22)27-15(2)20(25)23-19-8-4-3-7-17(19)21(26)24-11-5-6-12-24/h3-4,7-10,13,15H,5-6,11-12H2,1-2H3,(H,23,25)/t15-/m0/s1. The van der Waals surface area contributed by atoms with Crippen molar-refractivity contribution in [1.82, 2.24) is 4.90 Å². The predicted molar refractivity (Wildman–Crippen MR) is 106 cm³/mol. The molecule has 1 N–H and O–H groups in total. The normalized spacial score (nSPS) is 14.7. The third-order valence-electron chi connectivity index (χ3n) is 4.62. The van der Waals surface area contributed by atoms with Gasteiger partial charge in [-0.05, 0) is 62.6 Å². The molecular formula is C21H23ClN2O3. The van der Waals surface area contributed by atoms with E-state index in [1.165, 1.54) is 0 Å². The summed E-state index contributed by atoms with van der Waals surface area (Å²) in [7, 11) is 0. The minimum absolute atomic E-state index is 0.0507. The fourth-order valence-corrected chi connectivity index (χ4v) is 3.17. The second kappa shape index (κ2) is 8.44. The molecule has 1 aliphatic rings. The molecule has 27 heavy (non-hydrogen) atoms. The molecule has 1 atom stereocenters. The molecule has 2 amide bonds. The van der Waals surface area contributed by atoms with E-state index in [0.717, 1.165) is 31.5 Å². The van der Waals surface area contributed by atoms with Gasteiger partial charge in [-0.3, -0.25) is 9.59 Å². The van der Waals surface area contributed by atoms with E-state index in [1.807, 2.05) is 11.8 Å². The van der Waals surface area contributed by atoms with Crippen LogP contribution in [0.25, 0.3) is 0 Å². The molecular weight excluding hydrogens is 364 g/mol. The first-order chi connectivity index (χ1) is 13.0. The van der Waals surface area contributed by atoms with Crippen LogP contribution in [0, 0.1) is 6.92 Å². The Labute approximate surface area is 164 Å². The zero-order valence-electron chi connectivity index (χ0n) is 15.5. The van der Waals surface area contributed by atoms with Crippen molar-refractivity contribution in [1.29, 1.82) is 0 Å². The number of nitrogens with one attached hydrogen (secondary N) is 1. The highest BCUT2D eigenvalue weighted by Gasteiger charge is 2.23. The summed E-state index contributed by atoms with van der Waals surface area (Å²) in [6.45, 7) is 5.07. The van der Waals surface area contributed by atoms with Crippen LogP contribution in [0.2, 0.25) is 5.02 Å². The van der Waals surface area contributed by atoms with Crippen LogP contribution >= 0.6 is 11.6 Å². The second-order valence-corrected chi connectivity index (χ2v) is 7.11. The van der Waals surface area contributed by atoms with Gasteiger partial charge in [-0.2, -0.15) is 0 Å². The molecule has 0 spiro atoms. The summed E-state index contributed by atoms with van der Waals surface area (Å²) in [5.41, 5.74) is 1.88. The number of aryl methyl sites for hydroxylation is 1. The molecule has 0 aromatic heterocycles. The number of carbonyl (C=O) groups is 2. The third kappa shape index (κ3) is 4.61. The van der Waals surface area contributed by atoms with Crippen molar-refractivity contribution in [3.8, 4) is 5.75 Å². The average Bonchev–Trinajstić information content (AvgIpc) is 3.19. The van der Waals surface area contributed by atoms with Gasteiger partial charge in [-0.25, -0.2) is 0 Å². The lowest BCUT2D eigenvalue weighted by Gasteiger charge is -2.19. The maximum Gasteiger partial charge on any atom is 0.265 e. The van der Waals surface area contributed by atoms with Crippen LogP contribution in [0.4, 0.5) is 5.69 Å². The van der Waals surface area contributed by atoms with Gasteiger partial charge in [0.25, 0.3) is 11.8 Å². The van der Waals surface area contributed by atoms with E-state index < -0.39 is 6.10 Å². The summed E-state index contributed by atoms with van der Waals surface area (Å²) in [5.74, 6) is 0.204. The molecule has 1 aliphatic heterocycles. The highest BCUT2D eigenvalue weighted by atomic mass is 35.5. The van der Waals surface area contributed by atoms with Gasteiger partial charge in [0.05, 0.1) is 11.3 Å². The Kier molecular flexibility index (Phi) is 6.01. The predicted octanol–water partition coefficient (Wildman–Crippen LogP) is 4.29. The van der Waals surface area contributed by atoms with Gasteiger partial charge in [0.15, 0.2) is 6.10 Å². The molecule has 3 rings (SSSR count). The smallest absolute Gasteiger partial charge is 0.265 e. The average molecular weight is 387 g/mol. The van der Waals surface area contributed by atoms with Crippen molar-refractivity contribution >= 4 is 29.1 Å². The largest absolute Gasteiger partial charge is 0.481 e. The number of amides is 2. The molecule has 142 valence electrons. The lowest BCUT2D eigenvalue weighted by molar-refractivity contribution is -0.122. The number of benzene rings is 2. The van der Waals surface area contributed by atoms with Crippen molar-refractivity contribution in [2.75, 3.05) is 18.4 Å². The van der Waals surface area contributed by atoms with Crippen LogP contribution in [0.15, 0.2) is 42.5 Å². The number of hydrogen-bond donors (Lipinski definition) is 1. The fraction of sp³-hybridized carbons (Fsp3) is 0.333. The Bertz CT molecular complexity index is 847. The van der Waals surface area contributed by atoms with E-state index in [9.17, 15) is 9.59 Å². The molecule has 0 unspecified atom stereocenters. The maximum absolute atomic E-state index is 12.7. The molecule has 0 radical (unpaired) electrons. The number of likely N-dealkylation sites (tertiary alicyclic amines) is 1. The fourth-order valence-electron chi connectivity index (χ4n) is 3.05. The number of ether oxygens (including phenoxy) is 1. The van der Waals surface area contributed by atoms with E-state index in [1.54, 1.807) is 49.4 Å². The molecule has 1 saturated heterocycles. The Morgan fingerprint density at radius 2 is 1.85 bits per heavy atom. The number of hydrogen-bond acceptors (Lipinski definition) is 3. The minimum Gasteiger partial charge on any atom is -0.481 e. The monoisotopic (exact) mass is 386 g/mol. The van der Waals surface area contributed by atoms with Gasteiger partial charge < -0.3 is 15.0 Å². The lowest BCUT2D eigenvalue weighted by Crippen LogP contribution is -2.32. The van der Waals surface area contributed by atoms with E-state index in [0.29, 0.717) is 22.0 Å². The minimum atomic E-state index is -0.722. The van der Waals surface area contributed by atoms with Crippen molar-refractivity contribution in [3.05, 3.63) is 58.6 Å². The highest BCUT2D eigenvalue weighted by molar-refractivity contribution is 6.31. The number of rotatable bonds is 5. The van der Waals surface area contributed by atoms with Crippen LogP contribution in [0.3, 0.4) is 0 Å². The molecule has 2 aromatic carbocycles. The first-order valence-corrected chi connectivity index (χ1v) is 9.45. The van der Waals surface area contributed by atoms with E-state index in [-0.39, 0.29) is 11.8 Å². The number of carbonyl (C=O) groups excluding carboxylic acids is 2. The number of halogens is 1. The van der Waals surface area contributed by atoms with Crippen LogP contribution in [-0.2, 0) is 4.79 Å². The van der Waals surface area contributed by atoms with Crippen molar-refractivity contribution in [3.63, 3.8) is 0 Å². The molecule has 1 fully saturated rings. The Hall–Kier alpha value is -2.53. The van der Waals surface area contributed by atoms with Gasteiger partial charge in [0, 0.05) is 18.1 Å². The van der Waals surface area contributed by atoms with Gasteiger partial charge in [-0.1, -0.05) is 23.7 Å². The number of nitrogens with zero attached hydrogens (tertiary/aromatic N) is 1. The maximum atomic E-state index is 12.7. The zero-order chi connectivity index (χ0) is 19.4. The zero-order valence-corrected chi connectivity index (χ0v) is 16.3. The van der Waals surface area contributed by atoms with E-state index in [2.05, 4.69) is 5.32 Å². The number of para-hydroxylation sites is 1. The molecule has 0 saturated carbocycles. The third-order valence-corrected chi connectivity index (χ3v) is 5.04. The molecule has 0 aliphatic carbocycles. The van der Waals surface area contributed by atoms with Gasteiger partial charge in [-0.15, -0.1) is 0 Å². The van der Waals surface area contributed by atoms with E-state index in [4.69, 9.17) is 16.3 Å². The highest BCUT2D eigenvalue weighted by Crippen LogP contribution is 2.23. The summed E-state index contributed by atoms with van der Waals surface area (Å²) in [6, 6.07) is 12.3. The second-order valence-electron chi connectivity index (χ2n) is 6.71. The summed E-state index contributed by atoms with van der Waals surface area (Å²) in [4.78, 5) is 27.1. The van der Waals surface area contributed by atoms with Gasteiger partial charge in [0.2, 0.25) is 0 Å². The van der Waals surface area contributed by atoms with Gasteiger partial charge in [0.1, 0.15) is 5.75 Å². The Balaban J connectivity index is 1.70.